The summed E-state index contributed by atoms with van der Waals surface area (Å²) in [6.07, 6.45) is 12.6. The van der Waals surface area contributed by atoms with Crippen molar-refractivity contribution in [1.82, 2.24) is 0 Å². The Labute approximate surface area is 175 Å². The Morgan fingerprint density at radius 3 is 0.967 bits per heavy atom. The van der Waals surface area contributed by atoms with Crippen LogP contribution in [0.2, 0.25) is 0 Å². The lowest BCUT2D eigenvalue weighted by Gasteiger charge is -2.07. The zero-order valence-electron chi connectivity index (χ0n) is 16.5. The molecule has 0 spiro atoms. The van der Waals surface area contributed by atoms with E-state index in [9.17, 15) is 0 Å². The Balaban J connectivity index is 0.000000183. The third kappa shape index (κ3) is 2.94. The summed E-state index contributed by atoms with van der Waals surface area (Å²) in [7, 11) is 0. The molecule has 0 nitrogen and oxygen atoms in total. The molecule has 0 atom stereocenters. The molecule has 0 aromatic heterocycles. The maximum atomic E-state index is 2.31. The Bertz CT molecular complexity index is 1360. The smallest absolute Gasteiger partial charge is 0.0171 e. The summed E-state index contributed by atoms with van der Waals surface area (Å²) >= 11 is 0. The summed E-state index contributed by atoms with van der Waals surface area (Å²) in [5.74, 6) is 0. The molecule has 30 heavy (non-hydrogen) atoms. The Morgan fingerprint density at radius 2 is 0.633 bits per heavy atom. The van der Waals surface area contributed by atoms with E-state index in [0.717, 1.165) is 0 Å². The van der Waals surface area contributed by atoms with E-state index in [0.29, 0.717) is 0 Å². The fourth-order valence-corrected chi connectivity index (χ4v) is 4.39. The monoisotopic (exact) mass is 380 g/mol. The van der Waals surface area contributed by atoms with E-state index >= 15 is 0 Å². The molecule has 0 saturated heterocycles. The molecule has 2 aliphatic rings. The molecule has 0 unspecified atom stereocenters. The lowest BCUT2D eigenvalue weighted by molar-refractivity contribution is 1.69. The van der Waals surface area contributed by atoms with E-state index in [1.807, 2.05) is 0 Å². The molecule has 0 aliphatic heterocycles. The van der Waals surface area contributed by atoms with Gasteiger partial charge in [-0.05, 0) is 90.6 Å². The van der Waals surface area contributed by atoms with E-state index in [-0.39, 0.29) is 0 Å². The molecule has 2 aliphatic carbocycles. The van der Waals surface area contributed by atoms with Crippen LogP contribution in [-0.2, 0) is 0 Å². The Hall–Kier alpha value is -3.90. The molecular weight excluding hydrogens is 360 g/mol. The second kappa shape index (κ2) is 6.86. The van der Waals surface area contributed by atoms with Gasteiger partial charge >= 0.3 is 0 Å². The van der Waals surface area contributed by atoms with Gasteiger partial charge in [-0.15, -0.1) is 0 Å². The molecule has 5 aromatic carbocycles. The average molecular weight is 380 g/mol. The van der Waals surface area contributed by atoms with Crippen LogP contribution in [0.25, 0.3) is 43.1 Å². The van der Waals surface area contributed by atoms with Gasteiger partial charge < -0.3 is 0 Å². The number of rotatable bonds is 0. The third-order valence-corrected chi connectivity index (χ3v) is 5.96. The molecule has 140 valence electrons. The van der Waals surface area contributed by atoms with Gasteiger partial charge in [0.1, 0.15) is 0 Å². The van der Waals surface area contributed by atoms with Crippen molar-refractivity contribution >= 4 is 43.1 Å². The van der Waals surface area contributed by atoms with Crippen LogP contribution >= 0.6 is 0 Å². The van der Waals surface area contributed by atoms with Crippen LogP contribution in [0.5, 0.6) is 0 Å². The van der Waals surface area contributed by atoms with Gasteiger partial charge in [-0.25, -0.2) is 0 Å². The molecular formula is C30H20. The number of hydrogen-bond donors (Lipinski definition) is 0. The van der Waals surface area contributed by atoms with E-state index < -0.39 is 0 Å². The first-order chi connectivity index (χ1) is 14.8. The van der Waals surface area contributed by atoms with Crippen molar-refractivity contribution in [2.24, 2.45) is 0 Å². The van der Waals surface area contributed by atoms with Crippen molar-refractivity contribution in [2.45, 2.75) is 0 Å². The fourth-order valence-electron chi connectivity index (χ4n) is 4.39. The highest BCUT2D eigenvalue weighted by Crippen LogP contribution is 2.30. The van der Waals surface area contributed by atoms with Gasteiger partial charge in [0, 0.05) is 0 Å². The van der Waals surface area contributed by atoms with Crippen molar-refractivity contribution in [1.29, 1.82) is 0 Å². The van der Waals surface area contributed by atoms with Gasteiger partial charge in [0.25, 0.3) is 0 Å². The van der Waals surface area contributed by atoms with Gasteiger partial charge in [0.05, 0.1) is 0 Å². The summed E-state index contributed by atoms with van der Waals surface area (Å²) in [5.41, 5.74) is 2.70. The van der Waals surface area contributed by atoms with Crippen LogP contribution in [0.15, 0.2) is 133 Å². The summed E-state index contributed by atoms with van der Waals surface area (Å²) in [6.45, 7) is 0. The minimum absolute atomic E-state index is 1.30. The highest BCUT2D eigenvalue weighted by molar-refractivity contribution is 6.08. The number of benzene rings is 5. The van der Waals surface area contributed by atoms with Crippen molar-refractivity contribution in [3.05, 3.63) is 133 Å². The Kier molecular flexibility index (Phi) is 3.89. The number of fused-ring (bicyclic) bond motifs is 5. The van der Waals surface area contributed by atoms with Crippen LogP contribution in [-0.4, -0.2) is 0 Å². The van der Waals surface area contributed by atoms with Gasteiger partial charge in [0.2, 0.25) is 0 Å². The molecule has 7 rings (SSSR count). The summed E-state index contributed by atoms with van der Waals surface area (Å²) in [6, 6.07) is 30.9. The van der Waals surface area contributed by atoms with Crippen LogP contribution in [0.3, 0.4) is 0 Å². The molecule has 0 saturated carbocycles. The van der Waals surface area contributed by atoms with Gasteiger partial charge in [-0.3, -0.25) is 0 Å². The quantitative estimate of drug-likeness (QED) is 0.237. The highest BCUT2D eigenvalue weighted by atomic mass is 14.1. The molecule has 0 heteroatoms. The predicted molar refractivity (Wildman–Crippen MR) is 131 cm³/mol. The second-order valence-electron chi connectivity index (χ2n) is 7.91. The standard InChI is InChI=1S/C22H14.C8H6/c1-2-6-16-10-20-14-22-12-18-8-4-3-7-17(18)11-21(22)13-19(20)9-15(16)5-1;1-3-7-5-2-6-8(7)4-1/h1-14H;1-6H. The Morgan fingerprint density at radius 1 is 0.333 bits per heavy atom. The van der Waals surface area contributed by atoms with Crippen molar-refractivity contribution < 1.29 is 0 Å². The molecule has 0 N–H and O–H groups in total. The SMILES string of the molecule is C1=CC2=CC=CC2=C1.c1ccc2cc3cc4cc5ccccc5cc4cc3cc2c1. The zero-order valence-corrected chi connectivity index (χ0v) is 16.5. The zero-order chi connectivity index (χ0) is 19.9. The first-order valence-corrected chi connectivity index (χ1v) is 10.4. The van der Waals surface area contributed by atoms with Crippen LogP contribution in [0.1, 0.15) is 0 Å². The lowest BCUT2D eigenvalue weighted by atomic mass is 9.97. The van der Waals surface area contributed by atoms with Crippen LogP contribution in [0, 0.1) is 0 Å². The summed E-state index contributed by atoms with van der Waals surface area (Å²) in [5, 5.41) is 10.4. The molecule has 0 radical (unpaired) electrons. The maximum Gasteiger partial charge on any atom is -0.0171 e. The molecule has 0 fully saturated rings. The van der Waals surface area contributed by atoms with Gasteiger partial charge in [-0.1, -0.05) is 85.0 Å². The minimum Gasteiger partial charge on any atom is -0.0616 e. The highest BCUT2D eigenvalue weighted by Gasteiger charge is 2.04. The maximum absolute atomic E-state index is 2.31. The first kappa shape index (κ1) is 17.0. The van der Waals surface area contributed by atoms with Crippen molar-refractivity contribution in [3.8, 4) is 0 Å². The normalized spacial score (nSPS) is 14.1. The largest absolute Gasteiger partial charge is 0.0616 e. The second-order valence-corrected chi connectivity index (χ2v) is 7.91. The van der Waals surface area contributed by atoms with E-state index in [2.05, 4.69) is 121 Å². The number of hydrogen-bond acceptors (Lipinski definition) is 0. The van der Waals surface area contributed by atoms with E-state index in [1.165, 1.54) is 54.2 Å². The average Bonchev–Trinajstić information content (AvgIpc) is 3.40. The minimum atomic E-state index is 1.30. The first-order valence-electron chi connectivity index (χ1n) is 10.4. The summed E-state index contributed by atoms with van der Waals surface area (Å²) in [4.78, 5) is 0. The van der Waals surface area contributed by atoms with E-state index in [4.69, 9.17) is 0 Å². The van der Waals surface area contributed by atoms with Crippen molar-refractivity contribution in [3.63, 3.8) is 0 Å². The summed E-state index contributed by atoms with van der Waals surface area (Å²) < 4.78 is 0. The van der Waals surface area contributed by atoms with Crippen LogP contribution < -0.4 is 0 Å². The van der Waals surface area contributed by atoms with E-state index in [1.54, 1.807) is 0 Å². The third-order valence-electron chi connectivity index (χ3n) is 5.96. The molecule has 0 amide bonds. The lowest BCUT2D eigenvalue weighted by Crippen LogP contribution is -1.80. The topological polar surface area (TPSA) is 0 Å². The molecule has 5 aromatic rings. The van der Waals surface area contributed by atoms with Crippen LogP contribution in [0.4, 0.5) is 0 Å². The van der Waals surface area contributed by atoms with Crippen molar-refractivity contribution in [2.75, 3.05) is 0 Å². The van der Waals surface area contributed by atoms with Gasteiger partial charge in [-0.2, -0.15) is 0 Å². The van der Waals surface area contributed by atoms with Gasteiger partial charge in [0.15, 0.2) is 0 Å². The number of allylic oxidation sites excluding steroid dienone is 8. The molecule has 0 bridgehead atoms. The predicted octanol–water partition coefficient (Wildman–Crippen LogP) is 8.28. The fraction of sp³-hybridized carbons (Fsp3) is 0. The molecule has 0 heterocycles.